The highest BCUT2D eigenvalue weighted by Crippen LogP contribution is 2.35. The second-order valence-electron chi connectivity index (χ2n) is 9.20. The fraction of sp³-hybridized carbons (Fsp3) is 0.500. The molecule has 0 saturated heterocycles. The van der Waals surface area contributed by atoms with Gasteiger partial charge in [0.2, 0.25) is 0 Å². The van der Waals surface area contributed by atoms with Gasteiger partial charge in [0.25, 0.3) is 0 Å². The molecule has 1 nitrogen and oxygen atoms in total. The summed E-state index contributed by atoms with van der Waals surface area (Å²) in [6.45, 7) is 18.1. The van der Waals surface area contributed by atoms with Crippen LogP contribution >= 0.6 is 0 Å². The van der Waals surface area contributed by atoms with E-state index in [2.05, 4.69) is 109 Å². The molecule has 0 fully saturated rings. The summed E-state index contributed by atoms with van der Waals surface area (Å²) in [5.74, 6) is 0.614. The predicted octanol–water partition coefficient (Wildman–Crippen LogP) is 7.43. The van der Waals surface area contributed by atoms with Gasteiger partial charge in [-0.1, -0.05) is 58.9 Å². The van der Waals surface area contributed by atoms with E-state index >= 15 is 0 Å². The van der Waals surface area contributed by atoms with E-state index in [0.717, 1.165) is 0 Å². The standard InChI is InChI=1S/C24H35N/c1-9-18(2)19-10-14-21(15-11-19)25(24(6,7)8)22-16-12-20(13-17-22)23(3,4)5/h10-18H,9H2,1-8H3. The summed E-state index contributed by atoms with van der Waals surface area (Å²) in [5.41, 5.74) is 5.49. The maximum atomic E-state index is 2.43. The number of benzene rings is 2. The summed E-state index contributed by atoms with van der Waals surface area (Å²) in [4.78, 5) is 2.43. The highest BCUT2D eigenvalue weighted by atomic mass is 15.2. The van der Waals surface area contributed by atoms with E-state index < -0.39 is 0 Å². The van der Waals surface area contributed by atoms with Crippen LogP contribution in [0, 0.1) is 0 Å². The van der Waals surface area contributed by atoms with Crippen molar-refractivity contribution in [3.8, 4) is 0 Å². The summed E-state index contributed by atoms with van der Waals surface area (Å²) < 4.78 is 0. The van der Waals surface area contributed by atoms with Crippen molar-refractivity contribution in [1.29, 1.82) is 0 Å². The zero-order valence-electron chi connectivity index (χ0n) is 17.4. The van der Waals surface area contributed by atoms with Crippen molar-refractivity contribution in [2.75, 3.05) is 4.90 Å². The molecule has 0 aliphatic carbocycles. The first-order chi connectivity index (χ1) is 11.5. The van der Waals surface area contributed by atoms with Crippen molar-refractivity contribution in [3.05, 3.63) is 59.7 Å². The first kappa shape index (κ1) is 19.6. The van der Waals surface area contributed by atoms with E-state index in [1.165, 1.54) is 28.9 Å². The van der Waals surface area contributed by atoms with Gasteiger partial charge in [-0.2, -0.15) is 0 Å². The van der Waals surface area contributed by atoms with Crippen molar-refractivity contribution in [3.63, 3.8) is 0 Å². The van der Waals surface area contributed by atoms with Gasteiger partial charge in [0.15, 0.2) is 0 Å². The summed E-state index contributed by atoms with van der Waals surface area (Å²) in [6.07, 6.45) is 1.18. The molecule has 2 rings (SSSR count). The Labute approximate surface area is 155 Å². The Balaban J connectivity index is 2.40. The van der Waals surface area contributed by atoms with Gasteiger partial charge in [0.1, 0.15) is 0 Å². The molecule has 2 aromatic carbocycles. The van der Waals surface area contributed by atoms with E-state index in [1.54, 1.807) is 0 Å². The van der Waals surface area contributed by atoms with Crippen LogP contribution in [-0.4, -0.2) is 5.54 Å². The molecule has 0 saturated carbocycles. The minimum absolute atomic E-state index is 0.0150. The molecule has 0 N–H and O–H groups in total. The predicted molar refractivity (Wildman–Crippen MR) is 112 cm³/mol. The van der Waals surface area contributed by atoms with E-state index in [-0.39, 0.29) is 11.0 Å². The zero-order valence-corrected chi connectivity index (χ0v) is 17.4. The van der Waals surface area contributed by atoms with Gasteiger partial charge in [-0.15, -0.1) is 0 Å². The second-order valence-corrected chi connectivity index (χ2v) is 9.20. The van der Waals surface area contributed by atoms with Crippen LogP contribution < -0.4 is 4.90 Å². The van der Waals surface area contributed by atoms with Crippen LogP contribution in [0.1, 0.15) is 78.9 Å². The van der Waals surface area contributed by atoms with Gasteiger partial charge >= 0.3 is 0 Å². The first-order valence-corrected chi connectivity index (χ1v) is 9.54. The van der Waals surface area contributed by atoms with Crippen LogP contribution in [0.4, 0.5) is 11.4 Å². The summed E-state index contributed by atoms with van der Waals surface area (Å²) in [5, 5.41) is 0. The molecule has 0 aromatic heterocycles. The normalized spacial score (nSPS) is 13.6. The Hall–Kier alpha value is -1.76. The van der Waals surface area contributed by atoms with Crippen molar-refractivity contribution < 1.29 is 0 Å². The lowest BCUT2D eigenvalue weighted by Gasteiger charge is -2.38. The number of hydrogen-bond acceptors (Lipinski definition) is 1. The van der Waals surface area contributed by atoms with Crippen LogP contribution in [0.25, 0.3) is 0 Å². The molecule has 0 bridgehead atoms. The Morgan fingerprint density at radius 2 is 1.20 bits per heavy atom. The number of rotatable bonds is 4. The van der Waals surface area contributed by atoms with Crippen LogP contribution in [0.3, 0.4) is 0 Å². The summed E-state index contributed by atoms with van der Waals surface area (Å²) in [6, 6.07) is 18.2. The van der Waals surface area contributed by atoms with Crippen molar-refractivity contribution >= 4 is 11.4 Å². The van der Waals surface area contributed by atoms with Crippen LogP contribution in [0.5, 0.6) is 0 Å². The number of anilines is 2. The molecule has 2 aromatic rings. The average molecular weight is 338 g/mol. The van der Waals surface area contributed by atoms with Gasteiger partial charge < -0.3 is 4.90 Å². The molecule has 0 radical (unpaired) electrons. The largest absolute Gasteiger partial charge is 0.336 e. The van der Waals surface area contributed by atoms with Gasteiger partial charge in [-0.25, -0.2) is 0 Å². The minimum Gasteiger partial charge on any atom is -0.336 e. The Morgan fingerprint density at radius 1 is 0.760 bits per heavy atom. The van der Waals surface area contributed by atoms with E-state index in [9.17, 15) is 0 Å². The minimum atomic E-state index is 0.0150. The Kier molecular flexibility index (Phi) is 5.66. The van der Waals surface area contributed by atoms with Gasteiger partial charge in [-0.3, -0.25) is 0 Å². The molecule has 25 heavy (non-hydrogen) atoms. The van der Waals surface area contributed by atoms with E-state index in [1.807, 2.05) is 0 Å². The fourth-order valence-electron chi connectivity index (χ4n) is 3.22. The highest BCUT2D eigenvalue weighted by Gasteiger charge is 2.24. The molecule has 1 heteroatoms. The maximum Gasteiger partial charge on any atom is 0.0416 e. The zero-order chi connectivity index (χ0) is 18.8. The third-order valence-electron chi connectivity index (χ3n) is 5.00. The first-order valence-electron chi connectivity index (χ1n) is 9.54. The lowest BCUT2D eigenvalue weighted by Crippen LogP contribution is -2.37. The summed E-state index contributed by atoms with van der Waals surface area (Å²) >= 11 is 0. The maximum absolute atomic E-state index is 2.43. The molecule has 0 amide bonds. The molecule has 0 spiro atoms. The van der Waals surface area contributed by atoms with Crippen molar-refractivity contribution in [2.45, 2.75) is 78.7 Å². The highest BCUT2D eigenvalue weighted by molar-refractivity contribution is 5.66. The van der Waals surface area contributed by atoms with E-state index in [4.69, 9.17) is 0 Å². The Bertz CT molecular complexity index is 666. The van der Waals surface area contributed by atoms with E-state index in [0.29, 0.717) is 5.92 Å². The molecule has 0 aliphatic rings. The monoisotopic (exact) mass is 337 g/mol. The molecular formula is C24H35N. The van der Waals surface area contributed by atoms with Crippen LogP contribution in [-0.2, 0) is 5.41 Å². The fourth-order valence-corrected chi connectivity index (χ4v) is 3.22. The Morgan fingerprint density at radius 3 is 1.56 bits per heavy atom. The topological polar surface area (TPSA) is 3.24 Å². The molecule has 0 heterocycles. The van der Waals surface area contributed by atoms with Crippen LogP contribution in [0.2, 0.25) is 0 Å². The molecular weight excluding hydrogens is 302 g/mol. The lowest BCUT2D eigenvalue weighted by atomic mass is 9.87. The van der Waals surface area contributed by atoms with Gasteiger partial charge in [0.05, 0.1) is 0 Å². The van der Waals surface area contributed by atoms with Crippen LogP contribution in [0.15, 0.2) is 48.5 Å². The molecule has 1 unspecified atom stereocenters. The summed E-state index contributed by atoms with van der Waals surface area (Å²) in [7, 11) is 0. The van der Waals surface area contributed by atoms with Crippen molar-refractivity contribution in [1.82, 2.24) is 0 Å². The third-order valence-corrected chi connectivity index (χ3v) is 5.00. The lowest BCUT2D eigenvalue weighted by molar-refractivity contribution is 0.559. The number of hydrogen-bond donors (Lipinski definition) is 0. The third kappa shape index (κ3) is 4.66. The second kappa shape index (κ2) is 7.23. The average Bonchev–Trinajstić information content (AvgIpc) is 2.53. The molecule has 136 valence electrons. The molecule has 1 atom stereocenters. The quantitative estimate of drug-likeness (QED) is 0.560. The number of nitrogens with zero attached hydrogens (tertiary/aromatic N) is 1. The van der Waals surface area contributed by atoms with Gasteiger partial charge in [0, 0.05) is 16.9 Å². The molecule has 0 aliphatic heterocycles. The van der Waals surface area contributed by atoms with Crippen molar-refractivity contribution in [2.24, 2.45) is 0 Å². The SMILES string of the molecule is CCC(C)c1ccc(N(c2ccc(C(C)(C)C)cc2)C(C)(C)C)cc1. The van der Waals surface area contributed by atoms with Gasteiger partial charge in [-0.05, 0) is 73.9 Å². The smallest absolute Gasteiger partial charge is 0.0416 e.